The number of nitrogens with one attached hydrogen (secondary N) is 2. The lowest BCUT2D eigenvalue weighted by Crippen LogP contribution is -2.68. The molecule has 1 unspecified atom stereocenters. The van der Waals surface area contributed by atoms with Gasteiger partial charge in [-0.2, -0.15) is 0 Å². The summed E-state index contributed by atoms with van der Waals surface area (Å²) < 4.78 is 5.11. The van der Waals surface area contributed by atoms with Crippen LogP contribution in [0.5, 0.6) is 0 Å². The summed E-state index contributed by atoms with van der Waals surface area (Å²) in [5, 5.41) is 14.9. The van der Waals surface area contributed by atoms with E-state index in [1.807, 2.05) is 30.3 Å². The van der Waals surface area contributed by atoms with E-state index in [1.54, 1.807) is 0 Å². The minimum atomic E-state index is -1.69. The molecule has 1 atom stereocenters. The third kappa shape index (κ3) is 2.91. The Morgan fingerprint density at radius 3 is 2.58 bits per heavy atom. The smallest absolute Gasteiger partial charge is 0.339 e. The maximum absolute atomic E-state index is 12.0. The van der Waals surface area contributed by atoms with Gasteiger partial charge in [0.2, 0.25) is 5.54 Å². The van der Waals surface area contributed by atoms with Crippen molar-refractivity contribution in [3.63, 3.8) is 0 Å². The lowest BCUT2D eigenvalue weighted by atomic mass is 9.98. The first-order chi connectivity index (χ1) is 9.15. The van der Waals surface area contributed by atoms with Gasteiger partial charge < -0.3 is 15.2 Å². The second-order valence-electron chi connectivity index (χ2n) is 4.38. The minimum Gasteiger partial charge on any atom is -0.479 e. The number of aliphatic carboxylic acids is 1. The fourth-order valence-electron chi connectivity index (χ4n) is 1.93. The third-order valence-corrected chi connectivity index (χ3v) is 3.05. The van der Waals surface area contributed by atoms with E-state index < -0.39 is 17.5 Å². The topological polar surface area (TPSA) is 87.7 Å². The second-order valence-corrected chi connectivity index (χ2v) is 4.38. The lowest BCUT2D eigenvalue weighted by Gasteiger charge is -2.32. The van der Waals surface area contributed by atoms with E-state index in [1.165, 1.54) is 0 Å². The van der Waals surface area contributed by atoms with E-state index in [2.05, 4.69) is 10.6 Å². The number of hydrogen-bond acceptors (Lipinski definition) is 5. The van der Waals surface area contributed by atoms with Gasteiger partial charge in [-0.3, -0.25) is 5.32 Å². The molecule has 6 heteroatoms. The zero-order chi connectivity index (χ0) is 13.7. The van der Waals surface area contributed by atoms with Gasteiger partial charge in [0.25, 0.3) is 0 Å². The van der Waals surface area contributed by atoms with Crippen molar-refractivity contribution in [2.24, 2.45) is 0 Å². The lowest BCUT2D eigenvalue weighted by molar-refractivity contribution is -0.164. The average Bonchev–Trinajstić information content (AvgIpc) is 2.46. The Labute approximate surface area is 110 Å². The molecule has 2 rings (SSSR count). The predicted molar refractivity (Wildman–Crippen MR) is 67.5 cm³/mol. The van der Waals surface area contributed by atoms with Crippen LogP contribution in [0.15, 0.2) is 30.3 Å². The van der Waals surface area contributed by atoms with E-state index in [0.29, 0.717) is 13.1 Å². The average molecular weight is 264 g/mol. The summed E-state index contributed by atoms with van der Waals surface area (Å²) in [7, 11) is 0. The first-order valence-corrected chi connectivity index (χ1v) is 6.05. The van der Waals surface area contributed by atoms with Crippen LogP contribution in [-0.2, 0) is 20.9 Å². The fourth-order valence-corrected chi connectivity index (χ4v) is 1.93. The standard InChI is InChI=1S/C13H16N2O4/c16-11(17)13(9-14-6-7-15-13)12(18)19-8-10-4-2-1-3-5-10/h1-5,14-15H,6-9H2,(H,16,17). The normalized spacial score (nSPS) is 22.7. The number of esters is 1. The van der Waals surface area contributed by atoms with Crippen LogP contribution >= 0.6 is 0 Å². The molecule has 19 heavy (non-hydrogen) atoms. The van der Waals surface area contributed by atoms with Gasteiger partial charge in [-0.25, -0.2) is 9.59 Å². The molecule has 0 spiro atoms. The Bertz CT molecular complexity index is 455. The number of carboxylic acids is 1. The minimum absolute atomic E-state index is 0.0238. The van der Waals surface area contributed by atoms with Crippen molar-refractivity contribution >= 4 is 11.9 Å². The van der Waals surface area contributed by atoms with Gasteiger partial charge in [-0.05, 0) is 5.56 Å². The molecule has 1 aliphatic rings. The zero-order valence-corrected chi connectivity index (χ0v) is 10.4. The molecule has 102 valence electrons. The highest BCUT2D eigenvalue weighted by Crippen LogP contribution is 2.12. The van der Waals surface area contributed by atoms with E-state index in [-0.39, 0.29) is 13.2 Å². The van der Waals surface area contributed by atoms with Crippen molar-refractivity contribution in [1.82, 2.24) is 10.6 Å². The van der Waals surface area contributed by atoms with Crippen LogP contribution in [0.3, 0.4) is 0 Å². The van der Waals surface area contributed by atoms with Crippen LogP contribution in [0.25, 0.3) is 0 Å². The molecule has 1 aromatic rings. The molecule has 0 saturated carbocycles. The highest BCUT2D eigenvalue weighted by atomic mass is 16.5. The van der Waals surface area contributed by atoms with E-state index >= 15 is 0 Å². The molecule has 0 radical (unpaired) electrons. The summed E-state index contributed by atoms with van der Waals surface area (Å²) in [6.45, 7) is 1.13. The molecule has 6 nitrogen and oxygen atoms in total. The quantitative estimate of drug-likeness (QED) is 0.513. The van der Waals surface area contributed by atoms with Crippen LogP contribution < -0.4 is 10.6 Å². The maximum atomic E-state index is 12.0. The zero-order valence-electron chi connectivity index (χ0n) is 10.4. The number of ether oxygens (including phenoxy) is 1. The number of piperazine rings is 1. The molecule has 1 fully saturated rings. The van der Waals surface area contributed by atoms with Crippen molar-refractivity contribution in [2.45, 2.75) is 12.1 Å². The predicted octanol–water partition coefficient (Wildman–Crippen LogP) is -0.254. The van der Waals surface area contributed by atoms with Gasteiger partial charge in [0.15, 0.2) is 0 Å². The van der Waals surface area contributed by atoms with Crippen LogP contribution in [-0.4, -0.2) is 42.2 Å². The molecular weight excluding hydrogens is 248 g/mol. The van der Waals surface area contributed by atoms with E-state index in [4.69, 9.17) is 4.74 Å². The summed E-state index contributed by atoms with van der Waals surface area (Å²) >= 11 is 0. The van der Waals surface area contributed by atoms with Crippen molar-refractivity contribution in [3.8, 4) is 0 Å². The van der Waals surface area contributed by atoms with Crippen LogP contribution in [0.2, 0.25) is 0 Å². The Hall–Kier alpha value is -1.92. The SMILES string of the molecule is O=C(O)C1(C(=O)OCc2ccccc2)CNCCN1. The van der Waals surface area contributed by atoms with Gasteiger partial charge in [0, 0.05) is 19.6 Å². The Morgan fingerprint density at radius 1 is 1.26 bits per heavy atom. The molecule has 3 N–H and O–H groups in total. The van der Waals surface area contributed by atoms with E-state index in [0.717, 1.165) is 5.56 Å². The molecule has 0 amide bonds. The van der Waals surface area contributed by atoms with Gasteiger partial charge in [-0.1, -0.05) is 30.3 Å². The number of carboxylic acid groups (broad SMARTS) is 1. The summed E-state index contributed by atoms with van der Waals surface area (Å²) in [5.74, 6) is -1.99. The largest absolute Gasteiger partial charge is 0.479 e. The Balaban J connectivity index is 2.02. The van der Waals surface area contributed by atoms with E-state index in [9.17, 15) is 14.7 Å². The summed E-state index contributed by atoms with van der Waals surface area (Å²) in [5.41, 5.74) is -0.868. The summed E-state index contributed by atoms with van der Waals surface area (Å²) in [4.78, 5) is 23.4. The fraction of sp³-hybridized carbons (Fsp3) is 0.385. The van der Waals surface area contributed by atoms with Crippen molar-refractivity contribution in [3.05, 3.63) is 35.9 Å². The monoisotopic (exact) mass is 264 g/mol. The maximum Gasteiger partial charge on any atom is 0.339 e. The molecule has 1 saturated heterocycles. The third-order valence-electron chi connectivity index (χ3n) is 3.05. The Kier molecular flexibility index (Phi) is 4.13. The van der Waals surface area contributed by atoms with Gasteiger partial charge in [-0.15, -0.1) is 0 Å². The summed E-state index contributed by atoms with van der Waals surface area (Å²) in [6, 6.07) is 9.14. The number of benzene rings is 1. The summed E-state index contributed by atoms with van der Waals surface area (Å²) in [6.07, 6.45) is 0. The number of carbonyl (C=O) groups excluding carboxylic acids is 1. The highest BCUT2D eigenvalue weighted by molar-refractivity contribution is 6.04. The van der Waals surface area contributed by atoms with Gasteiger partial charge >= 0.3 is 11.9 Å². The van der Waals surface area contributed by atoms with Crippen molar-refractivity contribution in [2.75, 3.05) is 19.6 Å². The molecule has 0 bridgehead atoms. The van der Waals surface area contributed by atoms with Gasteiger partial charge in [0.1, 0.15) is 6.61 Å². The van der Waals surface area contributed by atoms with Crippen molar-refractivity contribution < 1.29 is 19.4 Å². The highest BCUT2D eigenvalue weighted by Gasteiger charge is 2.48. The number of hydrogen-bond donors (Lipinski definition) is 3. The molecular formula is C13H16N2O4. The first kappa shape index (κ1) is 13.5. The number of carbonyl (C=O) groups is 2. The first-order valence-electron chi connectivity index (χ1n) is 6.05. The van der Waals surface area contributed by atoms with Crippen LogP contribution in [0.1, 0.15) is 5.56 Å². The van der Waals surface area contributed by atoms with Crippen molar-refractivity contribution in [1.29, 1.82) is 0 Å². The molecule has 1 aliphatic heterocycles. The molecule has 0 aromatic heterocycles. The Morgan fingerprint density at radius 2 is 2.00 bits per heavy atom. The second kappa shape index (κ2) is 5.81. The molecule has 1 heterocycles. The van der Waals surface area contributed by atoms with Crippen LogP contribution in [0.4, 0.5) is 0 Å². The molecule has 0 aliphatic carbocycles. The van der Waals surface area contributed by atoms with Gasteiger partial charge in [0.05, 0.1) is 0 Å². The molecule has 1 aromatic carbocycles. The number of rotatable bonds is 4. The van der Waals surface area contributed by atoms with Crippen LogP contribution in [0, 0.1) is 0 Å².